The molecule has 0 spiro atoms. The predicted molar refractivity (Wildman–Crippen MR) is 108 cm³/mol. The Hall–Kier alpha value is -2.99. The number of aromatic nitrogens is 3. The minimum atomic E-state index is -0.122. The smallest absolute Gasteiger partial charge is 0.296 e. The summed E-state index contributed by atoms with van der Waals surface area (Å²) in [7, 11) is 1.69. The lowest BCUT2D eigenvalue weighted by molar-refractivity contribution is 0.0908. The van der Waals surface area contributed by atoms with Crippen LogP contribution in [0.4, 0.5) is 0 Å². The van der Waals surface area contributed by atoms with Gasteiger partial charge in [-0.2, -0.15) is 5.10 Å². The maximum absolute atomic E-state index is 12.6. The van der Waals surface area contributed by atoms with Crippen molar-refractivity contribution in [1.29, 1.82) is 0 Å². The average molecular weight is 376 g/mol. The summed E-state index contributed by atoms with van der Waals surface area (Å²) in [6.07, 6.45) is 1.76. The molecule has 4 rings (SSSR count). The third-order valence-corrected chi connectivity index (χ3v) is 5.38. The van der Waals surface area contributed by atoms with E-state index < -0.39 is 0 Å². The summed E-state index contributed by atoms with van der Waals surface area (Å²) in [5.41, 5.74) is 1.48. The van der Waals surface area contributed by atoms with Crippen molar-refractivity contribution in [3.05, 3.63) is 82.5 Å². The summed E-state index contributed by atoms with van der Waals surface area (Å²) in [4.78, 5) is 27.3. The van der Waals surface area contributed by atoms with E-state index in [2.05, 4.69) is 10.00 Å². The van der Waals surface area contributed by atoms with Crippen molar-refractivity contribution in [1.82, 2.24) is 19.2 Å². The van der Waals surface area contributed by atoms with Crippen LogP contribution < -0.4 is 5.69 Å². The number of rotatable bonds is 5. The first kappa shape index (κ1) is 18.4. The fourth-order valence-electron chi connectivity index (χ4n) is 3.84. The molecule has 0 saturated carbocycles. The number of para-hydroxylation sites is 1. The van der Waals surface area contributed by atoms with Crippen molar-refractivity contribution in [3.63, 3.8) is 0 Å². The Bertz CT molecular complexity index is 1000. The second-order valence-corrected chi connectivity index (χ2v) is 7.27. The highest BCUT2D eigenvalue weighted by atomic mass is 16.2. The van der Waals surface area contributed by atoms with Crippen molar-refractivity contribution >= 4 is 5.78 Å². The van der Waals surface area contributed by atoms with Gasteiger partial charge < -0.3 is 0 Å². The quantitative estimate of drug-likeness (QED) is 0.643. The molecule has 0 bridgehead atoms. The molecule has 1 saturated heterocycles. The van der Waals surface area contributed by atoms with Crippen LogP contribution in [0, 0.1) is 0 Å². The summed E-state index contributed by atoms with van der Waals surface area (Å²) in [6, 6.07) is 19.1. The fourth-order valence-corrected chi connectivity index (χ4v) is 3.84. The molecule has 0 atom stereocenters. The highest BCUT2D eigenvalue weighted by molar-refractivity contribution is 5.97. The lowest BCUT2D eigenvalue weighted by Gasteiger charge is -2.31. The zero-order chi connectivity index (χ0) is 19.5. The molecule has 2 heterocycles. The van der Waals surface area contributed by atoms with Crippen LogP contribution in [0.25, 0.3) is 5.69 Å². The zero-order valence-corrected chi connectivity index (χ0v) is 16.0. The van der Waals surface area contributed by atoms with Gasteiger partial charge >= 0.3 is 5.69 Å². The molecule has 0 N–H and O–H groups in total. The number of carbonyl (C=O) groups excluding carboxylic acids is 1. The summed E-state index contributed by atoms with van der Waals surface area (Å²) in [5.74, 6) is 1.17. The summed E-state index contributed by atoms with van der Waals surface area (Å²) in [6.45, 7) is 2.08. The van der Waals surface area contributed by atoms with Crippen LogP contribution in [-0.4, -0.2) is 44.7 Å². The first-order valence-corrected chi connectivity index (χ1v) is 9.65. The van der Waals surface area contributed by atoms with Gasteiger partial charge in [-0.1, -0.05) is 48.5 Å². The Balaban J connectivity index is 1.47. The molecule has 144 valence electrons. The van der Waals surface area contributed by atoms with E-state index in [1.807, 2.05) is 60.7 Å². The van der Waals surface area contributed by atoms with E-state index in [0.29, 0.717) is 6.54 Å². The van der Waals surface area contributed by atoms with E-state index in [4.69, 9.17) is 0 Å². The SMILES string of the molecule is Cn1nc(C2CCN(CC(=O)c3ccccc3)CC2)n(-c2ccccc2)c1=O. The summed E-state index contributed by atoms with van der Waals surface area (Å²) >= 11 is 0. The van der Waals surface area contributed by atoms with Crippen LogP contribution in [0.5, 0.6) is 0 Å². The summed E-state index contributed by atoms with van der Waals surface area (Å²) < 4.78 is 3.13. The number of benzene rings is 2. The Morgan fingerprint density at radius 2 is 1.61 bits per heavy atom. The van der Waals surface area contributed by atoms with Gasteiger partial charge in [0.25, 0.3) is 0 Å². The third-order valence-electron chi connectivity index (χ3n) is 5.38. The van der Waals surface area contributed by atoms with E-state index in [0.717, 1.165) is 43.0 Å². The van der Waals surface area contributed by atoms with Crippen LogP contribution in [-0.2, 0) is 7.05 Å². The third kappa shape index (κ3) is 3.68. The second kappa shape index (κ2) is 7.94. The maximum Gasteiger partial charge on any atom is 0.350 e. The van der Waals surface area contributed by atoms with Crippen LogP contribution in [0.15, 0.2) is 65.5 Å². The van der Waals surface area contributed by atoms with Crippen molar-refractivity contribution in [3.8, 4) is 5.69 Å². The van der Waals surface area contributed by atoms with Crippen molar-refractivity contribution in [2.45, 2.75) is 18.8 Å². The number of aryl methyl sites for hydroxylation is 1. The molecule has 6 heteroatoms. The van der Waals surface area contributed by atoms with Crippen molar-refractivity contribution in [2.24, 2.45) is 7.05 Å². The Labute approximate surface area is 164 Å². The molecule has 2 aromatic carbocycles. The van der Waals surface area contributed by atoms with Crippen LogP contribution >= 0.6 is 0 Å². The molecule has 0 aliphatic carbocycles. The molecule has 1 aliphatic heterocycles. The molecule has 0 unspecified atom stereocenters. The highest BCUT2D eigenvalue weighted by Crippen LogP contribution is 2.27. The number of hydrogen-bond acceptors (Lipinski definition) is 4. The molecule has 6 nitrogen and oxygen atoms in total. The number of Topliss-reactive ketones (excluding diaryl/α,β-unsaturated/α-hetero) is 1. The fraction of sp³-hybridized carbons (Fsp3) is 0.318. The second-order valence-electron chi connectivity index (χ2n) is 7.27. The van der Waals surface area contributed by atoms with E-state index >= 15 is 0 Å². The van der Waals surface area contributed by atoms with Gasteiger partial charge in [0.2, 0.25) is 0 Å². The van der Waals surface area contributed by atoms with E-state index in [1.165, 1.54) is 4.68 Å². The van der Waals surface area contributed by atoms with E-state index in [-0.39, 0.29) is 17.4 Å². The number of likely N-dealkylation sites (tertiary alicyclic amines) is 1. The van der Waals surface area contributed by atoms with Crippen LogP contribution in [0.2, 0.25) is 0 Å². The van der Waals surface area contributed by atoms with Gasteiger partial charge in [-0.25, -0.2) is 14.0 Å². The lowest BCUT2D eigenvalue weighted by atomic mass is 9.95. The first-order valence-electron chi connectivity index (χ1n) is 9.65. The van der Waals surface area contributed by atoms with Gasteiger partial charge in [0, 0.05) is 18.5 Å². The standard InChI is InChI=1S/C22H24N4O2/c1-24-22(28)26(19-10-6-3-7-11-19)21(23-24)18-12-14-25(15-13-18)16-20(27)17-8-4-2-5-9-17/h2-11,18H,12-16H2,1H3. The Kier molecular flexibility index (Phi) is 5.21. The predicted octanol–water partition coefficient (Wildman–Crippen LogP) is 2.63. The van der Waals surface area contributed by atoms with Crippen molar-refractivity contribution in [2.75, 3.05) is 19.6 Å². The van der Waals surface area contributed by atoms with Gasteiger partial charge in [0.15, 0.2) is 5.78 Å². The minimum Gasteiger partial charge on any atom is -0.296 e. The van der Waals surface area contributed by atoms with Gasteiger partial charge in [0.05, 0.1) is 12.2 Å². The van der Waals surface area contributed by atoms with Crippen molar-refractivity contribution < 1.29 is 4.79 Å². The maximum atomic E-state index is 12.6. The van der Waals surface area contributed by atoms with E-state index in [1.54, 1.807) is 11.6 Å². The molecular formula is C22H24N4O2. The Morgan fingerprint density at radius 1 is 1.00 bits per heavy atom. The average Bonchev–Trinajstić information content (AvgIpc) is 3.04. The highest BCUT2D eigenvalue weighted by Gasteiger charge is 2.27. The molecule has 1 aromatic heterocycles. The lowest BCUT2D eigenvalue weighted by Crippen LogP contribution is -2.37. The first-order chi connectivity index (χ1) is 13.6. The largest absolute Gasteiger partial charge is 0.350 e. The molecule has 28 heavy (non-hydrogen) atoms. The van der Waals surface area contributed by atoms with Gasteiger partial charge in [-0.15, -0.1) is 0 Å². The van der Waals surface area contributed by atoms with Crippen LogP contribution in [0.1, 0.15) is 34.9 Å². The normalized spacial score (nSPS) is 15.6. The zero-order valence-electron chi connectivity index (χ0n) is 16.0. The molecule has 1 fully saturated rings. The molecular weight excluding hydrogens is 352 g/mol. The topological polar surface area (TPSA) is 60.1 Å². The van der Waals surface area contributed by atoms with Gasteiger partial charge in [0.1, 0.15) is 5.82 Å². The molecule has 3 aromatic rings. The molecule has 1 aliphatic rings. The molecule has 0 amide bonds. The van der Waals surface area contributed by atoms with E-state index in [9.17, 15) is 9.59 Å². The molecule has 0 radical (unpaired) electrons. The monoisotopic (exact) mass is 376 g/mol. The summed E-state index contributed by atoms with van der Waals surface area (Å²) in [5, 5.41) is 4.53. The number of nitrogens with zero attached hydrogens (tertiary/aromatic N) is 4. The van der Waals surface area contributed by atoms with Gasteiger partial charge in [-0.3, -0.25) is 9.69 Å². The number of ketones is 1. The number of hydrogen-bond donors (Lipinski definition) is 0. The van der Waals surface area contributed by atoms with Gasteiger partial charge in [-0.05, 0) is 38.1 Å². The number of carbonyl (C=O) groups is 1. The Morgan fingerprint density at radius 3 is 2.25 bits per heavy atom. The number of piperidine rings is 1. The van der Waals surface area contributed by atoms with Crippen LogP contribution in [0.3, 0.4) is 0 Å². The minimum absolute atomic E-state index is 0.122.